The fourth-order valence-electron chi connectivity index (χ4n) is 1.36. The molecule has 0 saturated carbocycles. The third kappa shape index (κ3) is 4.11. The molecule has 0 aliphatic rings. The summed E-state index contributed by atoms with van der Waals surface area (Å²) in [6.45, 7) is 1.87. The van der Waals surface area contributed by atoms with Gasteiger partial charge in [0, 0.05) is 12.6 Å². The first-order chi connectivity index (χ1) is 8.90. The van der Waals surface area contributed by atoms with Crippen LogP contribution in [0.2, 0.25) is 0 Å². The second kappa shape index (κ2) is 6.39. The van der Waals surface area contributed by atoms with E-state index in [4.69, 9.17) is 10.5 Å². The Morgan fingerprint density at radius 3 is 2.68 bits per heavy atom. The fourth-order valence-corrected chi connectivity index (χ4v) is 2.36. The number of ether oxygens (including phenoxy) is 1. The molecule has 0 fully saturated rings. The number of anilines is 1. The first-order valence-corrected chi connectivity index (χ1v) is 7.09. The minimum Gasteiger partial charge on any atom is -0.495 e. The lowest BCUT2D eigenvalue weighted by Crippen LogP contribution is -2.36. The summed E-state index contributed by atoms with van der Waals surface area (Å²) in [6, 6.07) is 4.08. The summed E-state index contributed by atoms with van der Waals surface area (Å²) in [7, 11) is -2.38. The summed E-state index contributed by atoms with van der Waals surface area (Å²) >= 11 is 0. The van der Waals surface area contributed by atoms with E-state index in [1.54, 1.807) is 6.92 Å². The van der Waals surface area contributed by atoms with E-state index in [0.29, 0.717) is 12.2 Å². The van der Waals surface area contributed by atoms with E-state index in [2.05, 4.69) is 10.0 Å². The second-order valence-corrected chi connectivity index (χ2v) is 5.45. The van der Waals surface area contributed by atoms with E-state index >= 15 is 0 Å². The van der Waals surface area contributed by atoms with Crippen LogP contribution < -0.4 is 20.5 Å². The van der Waals surface area contributed by atoms with Crippen LogP contribution in [0.25, 0.3) is 0 Å². The maximum Gasteiger partial charge on any atom is 0.241 e. The van der Waals surface area contributed by atoms with Gasteiger partial charge >= 0.3 is 0 Å². The number of hydrogen-bond acceptors (Lipinski definition) is 5. The van der Waals surface area contributed by atoms with Crippen molar-refractivity contribution < 1.29 is 17.9 Å². The Hall–Kier alpha value is -1.80. The number of hydrogen-bond donors (Lipinski definition) is 3. The van der Waals surface area contributed by atoms with Crippen LogP contribution >= 0.6 is 0 Å². The van der Waals surface area contributed by atoms with Crippen molar-refractivity contribution in [3.8, 4) is 5.75 Å². The second-order valence-electron chi connectivity index (χ2n) is 3.68. The zero-order valence-corrected chi connectivity index (χ0v) is 11.6. The highest BCUT2D eigenvalue weighted by Gasteiger charge is 2.16. The van der Waals surface area contributed by atoms with E-state index in [9.17, 15) is 13.2 Å². The van der Waals surface area contributed by atoms with E-state index in [0.717, 1.165) is 0 Å². The number of rotatable bonds is 6. The molecule has 106 valence electrons. The van der Waals surface area contributed by atoms with Gasteiger partial charge in [-0.1, -0.05) is 0 Å². The van der Waals surface area contributed by atoms with Crippen LogP contribution in [0.5, 0.6) is 5.75 Å². The van der Waals surface area contributed by atoms with Crippen LogP contribution in [0.15, 0.2) is 23.1 Å². The number of nitrogen functional groups attached to an aromatic ring is 1. The number of sulfonamides is 1. The minimum atomic E-state index is -3.77. The SMILES string of the molecule is CCNC(=O)CNS(=O)(=O)c1ccc(N)c(OC)c1. The van der Waals surface area contributed by atoms with Gasteiger partial charge in [-0.15, -0.1) is 0 Å². The van der Waals surface area contributed by atoms with E-state index in [-0.39, 0.29) is 17.2 Å². The third-order valence-corrected chi connectivity index (χ3v) is 3.71. The molecule has 7 nitrogen and oxygen atoms in total. The van der Waals surface area contributed by atoms with E-state index < -0.39 is 15.9 Å². The van der Waals surface area contributed by atoms with Gasteiger partial charge in [0.1, 0.15) is 5.75 Å². The molecule has 1 aromatic rings. The first kappa shape index (κ1) is 15.3. The molecular weight excluding hydrogens is 270 g/mol. The Balaban J connectivity index is 2.85. The summed E-state index contributed by atoms with van der Waals surface area (Å²) < 4.78 is 31.0. The Labute approximate surface area is 112 Å². The maximum atomic E-state index is 11.9. The highest BCUT2D eigenvalue weighted by Crippen LogP contribution is 2.24. The van der Waals surface area contributed by atoms with Gasteiger partial charge in [0.2, 0.25) is 15.9 Å². The summed E-state index contributed by atoms with van der Waals surface area (Å²) in [4.78, 5) is 11.2. The summed E-state index contributed by atoms with van der Waals surface area (Å²) in [5.41, 5.74) is 5.94. The zero-order chi connectivity index (χ0) is 14.5. The molecule has 0 spiro atoms. The van der Waals surface area contributed by atoms with Crippen molar-refractivity contribution in [3.05, 3.63) is 18.2 Å². The van der Waals surface area contributed by atoms with Crippen molar-refractivity contribution >= 4 is 21.6 Å². The van der Waals surface area contributed by atoms with Gasteiger partial charge in [0.25, 0.3) is 0 Å². The molecule has 0 bridgehead atoms. The number of methoxy groups -OCH3 is 1. The van der Waals surface area contributed by atoms with Crippen LogP contribution in [0.3, 0.4) is 0 Å². The number of benzene rings is 1. The number of amides is 1. The standard InChI is InChI=1S/C11H17N3O4S/c1-3-13-11(15)7-14-19(16,17)8-4-5-9(12)10(6-8)18-2/h4-6,14H,3,7,12H2,1-2H3,(H,13,15). The van der Waals surface area contributed by atoms with Gasteiger partial charge in [0.15, 0.2) is 0 Å². The van der Waals surface area contributed by atoms with Gasteiger partial charge in [-0.25, -0.2) is 13.1 Å². The predicted octanol–water partition coefficient (Wildman–Crippen LogP) is -0.308. The minimum absolute atomic E-state index is 0.0113. The summed E-state index contributed by atoms with van der Waals surface area (Å²) in [6.07, 6.45) is 0. The van der Waals surface area contributed by atoms with Crippen LogP contribution in [-0.4, -0.2) is 34.5 Å². The molecule has 0 heterocycles. The first-order valence-electron chi connectivity index (χ1n) is 5.60. The molecule has 1 aromatic carbocycles. The van der Waals surface area contributed by atoms with Gasteiger partial charge < -0.3 is 15.8 Å². The van der Waals surface area contributed by atoms with E-state index in [1.807, 2.05) is 0 Å². The highest BCUT2D eigenvalue weighted by molar-refractivity contribution is 7.89. The van der Waals surface area contributed by atoms with Crippen molar-refractivity contribution in [1.82, 2.24) is 10.0 Å². The van der Waals surface area contributed by atoms with Crippen molar-refractivity contribution in [2.24, 2.45) is 0 Å². The maximum absolute atomic E-state index is 11.9. The van der Waals surface area contributed by atoms with Crippen molar-refractivity contribution in [1.29, 1.82) is 0 Å². The van der Waals surface area contributed by atoms with Crippen LogP contribution in [0.1, 0.15) is 6.92 Å². The normalized spacial score (nSPS) is 11.1. The Bertz CT molecular complexity index is 557. The lowest BCUT2D eigenvalue weighted by Gasteiger charge is -2.09. The molecule has 8 heteroatoms. The van der Waals surface area contributed by atoms with Gasteiger partial charge in [-0.05, 0) is 19.1 Å². The number of carbonyl (C=O) groups excluding carboxylic acids is 1. The van der Waals surface area contributed by atoms with Crippen LogP contribution in [-0.2, 0) is 14.8 Å². The molecule has 0 unspecified atom stereocenters. The quantitative estimate of drug-likeness (QED) is 0.622. The molecule has 1 amide bonds. The van der Waals surface area contributed by atoms with Gasteiger partial charge in [0.05, 0.1) is 24.2 Å². The molecule has 19 heavy (non-hydrogen) atoms. The largest absolute Gasteiger partial charge is 0.495 e. The van der Waals surface area contributed by atoms with Crippen molar-refractivity contribution in [3.63, 3.8) is 0 Å². The molecule has 4 N–H and O–H groups in total. The molecule has 0 radical (unpaired) electrons. The monoisotopic (exact) mass is 287 g/mol. The zero-order valence-electron chi connectivity index (χ0n) is 10.8. The summed E-state index contributed by atoms with van der Waals surface area (Å²) in [5, 5.41) is 2.49. The highest BCUT2D eigenvalue weighted by atomic mass is 32.2. The third-order valence-electron chi connectivity index (χ3n) is 2.31. The molecular formula is C11H17N3O4S. The van der Waals surface area contributed by atoms with Crippen LogP contribution in [0.4, 0.5) is 5.69 Å². The Morgan fingerprint density at radius 2 is 2.11 bits per heavy atom. The number of carbonyl (C=O) groups is 1. The molecule has 0 atom stereocenters. The van der Waals surface area contributed by atoms with E-state index in [1.165, 1.54) is 25.3 Å². The summed E-state index contributed by atoms with van der Waals surface area (Å²) in [5.74, 6) is -0.130. The molecule has 0 aliphatic heterocycles. The average Bonchev–Trinajstić information content (AvgIpc) is 2.37. The number of nitrogens with one attached hydrogen (secondary N) is 2. The van der Waals surface area contributed by atoms with Crippen LogP contribution in [0, 0.1) is 0 Å². The molecule has 1 rings (SSSR count). The van der Waals surface area contributed by atoms with Crippen molar-refractivity contribution in [2.45, 2.75) is 11.8 Å². The number of nitrogens with two attached hydrogens (primary N) is 1. The van der Waals surface area contributed by atoms with Gasteiger partial charge in [-0.2, -0.15) is 0 Å². The average molecular weight is 287 g/mol. The van der Waals surface area contributed by atoms with Gasteiger partial charge in [-0.3, -0.25) is 4.79 Å². The smallest absolute Gasteiger partial charge is 0.241 e. The lowest BCUT2D eigenvalue weighted by atomic mass is 10.3. The van der Waals surface area contributed by atoms with Crippen molar-refractivity contribution in [2.75, 3.05) is 25.9 Å². The molecule has 0 saturated heterocycles. The molecule has 0 aliphatic carbocycles. The number of likely N-dealkylation sites (N-methyl/N-ethyl adjacent to an activating group) is 1. The topological polar surface area (TPSA) is 111 Å². The Morgan fingerprint density at radius 1 is 1.42 bits per heavy atom. The predicted molar refractivity (Wildman–Crippen MR) is 71.3 cm³/mol. The lowest BCUT2D eigenvalue weighted by molar-refractivity contribution is -0.119. The molecule has 0 aromatic heterocycles. The Kier molecular flexibility index (Phi) is 5.13. The fraction of sp³-hybridized carbons (Fsp3) is 0.364.